The van der Waals surface area contributed by atoms with E-state index in [-0.39, 0.29) is 6.15 Å². The van der Waals surface area contributed by atoms with Crippen LogP contribution >= 0.6 is 13.4 Å². The molecule has 6 nitrogen and oxygen atoms in total. The molecule has 0 spiro atoms. The molecular weight excluding hydrogens is 412 g/mol. The third-order valence-electron chi connectivity index (χ3n) is 3.19. The van der Waals surface area contributed by atoms with E-state index in [1.807, 2.05) is 0 Å². The maximum atomic E-state index is 5.97. The molecule has 0 aromatic rings. The lowest BCUT2D eigenvalue weighted by Gasteiger charge is -2.28. The average Bonchev–Trinajstić information content (AvgIpc) is 2.56. The van der Waals surface area contributed by atoms with Gasteiger partial charge in [-0.2, -0.15) is 0 Å². The van der Waals surface area contributed by atoms with E-state index in [0.29, 0.717) is 26.4 Å². The smallest absolute Gasteiger partial charge is 0.334 e. The van der Waals surface area contributed by atoms with Crippen LogP contribution in [0.1, 0.15) is 79.1 Å². The van der Waals surface area contributed by atoms with Gasteiger partial charge in [-0.05, 0) is 49.3 Å². The van der Waals surface area contributed by atoms with E-state index in [0.717, 1.165) is 51.4 Å². The van der Waals surface area contributed by atoms with Gasteiger partial charge in [0.2, 0.25) is 0 Å². The third-order valence-corrected chi connectivity index (χ3v) is 9.25. The number of rotatable bonds is 18. The Bertz CT molecular complexity index is 352. The third kappa shape index (κ3) is 15.0. The van der Waals surface area contributed by atoms with Crippen LogP contribution in [0, 0.1) is 0 Å². The molecule has 0 aromatic heterocycles. The molecule has 0 fully saturated rings. The molecule has 0 aliphatic rings. The Morgan fingerprint density at radius 1 is 0.538 bits per heavy atom. The SMILES string of the molecule is CCCCOP(=S)(OCCCC)OP(=S)(OCCCC)OCCCC.N. The summed E-state index contributed by atoms with van der Waals surface area (Å²) in [6, 6.07) is 0. The second-order valence-corrected chi connectivity index (χ2v) is 11.9. The zero-order valence-corrected chi connectivity index (χ0v) is 20.4. The van der Waals surface area contributed by atoms with Crippen LogP contribution in [0.2, 0.25) is 0 Å². The summed E-state index contributed by atoms with van der Waals surface area (Å²) in [5.41, 5.74) is 0. The Morgan fingerprint density at radius 3 is 0.962 bits per heavy atom. The van der Waals surface area contributed by atoms with Gasteiger partial charge in [-0.1, -0.05) is 53.4 Å². The number of unbranched alkanes of at least 4 members (excludes halogenated alkanes) is 4. The molecule has 160 valence electrons. The molecule has 0 aromatic carbocycles. The van der Waals surface area contributed by atoms with E-state index < -0.39 is 13.4 Å². The first kappa shape index (κ1) is 29.3. The quantitative estimate of drug-likeness (QED) is 0.178. The summed E-state index contributed by atoms with van der Waals surface area (Å²) in [5.74, 6) is 0. The molecular formula is C16H39NO5P2S2. The van der Waals surface area contributed by atoms with Gasteiger partial charge >= 0.3 is 13.4 Å². The molecule has 26 heavy (non-hydrogen) atoms. The molecule has 0 unspecified atom stereocenters. The normalized spacial score (nSPS) is 12.2. The summed E-state index contributed by atoms with van der Waals surface area (Å²) in [6.45, 7) is 4.44. The summed E-state index contributed by atoms with van der Waals surface area (Å²) in [4.78, 5) is 0. The number of hydrogen-bond acceptors (Lipinski definition) is 8. The largest absolute Gasteiger partial charge is 0.344 e. The molecule has 0 atom stereocenters. The van der Waals surface area contributed by atoms with Gasteiger partial charge in [-0.15, -0.1) is 0 Å². The first-order valence-corrected chi connectivity index (χ1v) is 14.6. The van der Waals surface area contributed by atoms with Crippen molar-refractivity contribution >= 4 is 37.1 Å². The molecule has 3 N–H and O–H groups in total. The van der Waals surface area contributed by atoms with Gasteiger partial charge in [0.1, 0.15) is 0 Å². The zero-order valence-electron chi connectivity index (χ0n) is 16.9. The summed E-state index contributed by atoms with van der Waals surface area (Å²) in [6.07, 6.45) is 7.64. The van der Waals surface area contributed by atoms with Gasteiger partial charge in [-0.25, -0.2) is 4.31 Å². The predicted molar refractivity (Wildman–Crippen MR) is 118 cm³/mol. The lowest BCUT2D eigenvalue weighted by molar-refractivity contribution is 0.158. The summed E-state index contributed by atoms with van der Waals surface area (Å²) in [5, 5.41) is 0. The van der Waals surface area contributed by atoms with E-state index in [9.17, 15) is 0 Å². The van der Waals surface area contributed by atoms with Gasteiger partial charge in [0.25, 0.3) is 0 Å². The zero-order chi connectivity index (χ0) is 19.0. The van der Waals surface area contributed by atoms with Crippen molar-refractivity contribution in [3.63, 3.8) is 0 Å². The molecule has 0 saturated carbocycles. The Kier molecular flexibility index (Phi) is 20.4. The van der Waals surface area contributed by atoms with Crippen LogP contribution in [0.15, 0.2) is 0 Å². The second-order valence-electron chi connectivity index (χ2n) is 5.72. The second kappa shape index (κ2) is 18.1. The van der Waals surface area contributed by atoms with Gasteiger partial charge in [-0.3, -0.25) is 0 Å². The molecule has 0 rings (SSSR count). The minimum atomic E-state index is -2.97. The molecule has 0 radical (unpaired) electrons. The van der Waals surface area contributed by atoms with Gasteiger partial charge in [0.05, 0.1) is 26.4 Å². The van der Waals surface area contributed by atoms with Crippen molar-refractivity contribution in [1.29, 1.82) is 0 Å². The predicted octanol–water partition coefficient (Wildman–Crippen LogP) is 6.88. The Hall–Kier alpha value is 1.06. The lowest BCUT2D eigenvalue weighted by Crippen LogP contribution is -2.06. The van der Waals surface area contributed by atoms with E-state index in [2.05, 4.69) is 27.7 Å². The van der Waals surface area contributed by atoms with Crippen molar-refractivity contribution in [3.05, 3.63) is 0 Å². The van der Waals surface area contributed by atoms with Crippen molar-refractivity contribution < 1.29 is 22.4 Å². The van der Waals surface area contributed by atoms with E-state index in [4.69, 9.17) is 46.0 Å². The maximum absolute atomic E-state index is 5.97. The molecule has 0 bridgehead atoms. The number of hydrogen-bond donors (Lipinski definition) is 1. The van der Waals surface area contributed by atoms with Crippen LogP contribution in [0.4, 0.5) is 0 Å². The van der Waals surface area contributed by atoms with E-state index in [1.165, 1.54) is 0 Å². The van der Waals surface area contributed by atoms with E-state index >= 15 is 0 Å². The average molecular weight is 452 g/mol. The van der Waals surface area contributed by atoms with E-state index in [1.54, 1.807) is 0 Å². The first-order valence-electron chi connectivity index (χ1n) is 9.44. The van der Waals surface area contributed by atoms with Crippen LogP contribution in [0.5, 0.6) is 0 Å². The minimum absolute atomic E-state index is 0. The molecule has 0 amide bonds. The molecule has 10 heteroatoms. The van der Waals surface area contributed by atoms with Gasteiger partial charge < -0.3 is 24.2 Å². The van der Waals surface area contributed by atoms with Crippen molar-refractivity contribution in [2.24, 2.45) is 0 Å². The Morgan fingerprint density at radius 2 is 0.769 bits per heavy atom. The van der Waals surface area contributed by atoms with Gasteiger partial charge in [0, 0.05) is 0 Å². The van der Waals surface area contributed by atoms with Crippen LogP contribution in [-0.4, -0.2) is 26.4 Å². The van der Waals surface area contributed by atoms with Crippen LogP contribution in [0.3, 0.4) is 0 Å². The summed E-state index contributed by atoms with van der Waals surface area (Å²) < 4.78 is 29.2. The molecule has 0 aliphatic carbocycles. The lowest BCUT2D eigenvalue weighted by atomic mass is 10.4. The first-order chi connectivity index (χ1) is 11.9. The molecule has 0 heterocycles. The monoisotopic (exact) mass is 451 g/mol. The fourth-order valence-corrected chi connectivity index (χ4v) is 7.72. The highest BCUT2D eigenvalue weighted by atomic mass is 32.5. The van der Waals surface area contributed by atoms with Crippen LogP contribution < -0.4 is 6.15 Å². The summed E-state index contributed by atoms with van der Waals surface area (Å²) >= 11 is 11.2. The summed E-state index contributed by atoms with van der Waals surface area (Å²) in [7, 11) is 0. The molecule has 0 saturated heterocycles. The standard InChI is InChI=1S/C16H36O5P2S2.H3N/c1-5-9-13-17-22(24,18-14-10-6-2)21-23(25,19-15-11-7-3)20-16-12-8-4;/h5-16H2,1-4H3;1H3. The highest BCUT2D eigenvalue weighted by Crippen LogP contribution is 2.66. The minimum Gasteiger partial charge on any atom is -0.344 e. The van der Waals surface area contributed by atoms with Crippen molar-refractivity contribution in [2.45, 2.75) is 79.1 Å². The van der Waals surface area contributed by atoms with Crippen molar-refractivity contribution in [3.8, 4) is 0 Å². The van der Waals surface area contributed by atoms with Crippen LogP contribution in [0.25, 0.3) is 0 Å². The van der Waals surface area contributed by atoms with Gasteiger partial charge in [0.15, 0.2) is 0 Å². The maximum Gasteiger partial charge on any atom is 0.334 e. The fraction of sp³-hybridized carbons (Fsp3) is 1.00. The Labute approximate surface area is 171 Å². The topological polar surface area (TPSA) is 81.2 Å². The fourth-order valence-electron chi connectivity index (χ4n) is 1.57. The highest BCUT2D eigenvalue weighted by molar-refractivity contribution is 8.14. The Balaban J connectivity index is 0. The van der Waals surface area contributed by atoms with Crippen molar-refractivity contribution in [1.82, 2.24) is 6.15 Å². The van der Waals surface area contributed by atoms with Crippen LogP contribution in [-0.2, 0) is 46.0 Å². The van der Waals surface area contributed by atoms with Crippen molar-refractivity contribution in [2.75, 3.05) is 26.4 Å². The molecule has 0 aliphatic heterocycles. The highest BCUT2D eigenvalue weighted by Gasteiger charge is 2.33.